The monoisotopic (exact) mass is 562 g/mol. The minimum absolute atomic E-state index is 0.0818. The maximum absolute atomic E-state index is 14.5. The molecule has 1 aromatic carbocycles. The summed E-state index contributed by atoms with van der Waals surface area (Å²) in [6.45, 7) is 26.6. The first kappa shape index (κ1) is 39.5. The van der Waals surface area contributed by atoms with Gasteiger partial charge in [0.15, 0.2) is 17.4 Å². The van der Waals surface area contributed by atoms with Gasteiger partial charge in [-0.3, -0.25) is 9.79 Å². The van der Waals surface area contributed by atoms with Gasteiger partial charge in [0.25, 0.3) is 0 Å². The maximum atomic E-state index is 14.5. The number of allylic oxidation sites excluding steroid dienone is 3. The summed E-state index contributed by atoms with van der Waals surface area (Å²) in [5.74, 6) is -2.69. The summed E-state index contributed by atoms with van der Waals surface area (Å²) < 4.78 is 33.5. The van der Waals surface area contributed by atoms with Crippen molar-refractivity contribution in [3.8, 4) is 0 Å². The average molecular weight is 563 g/mol. The number of nitrogens with zero attached hydrogens (tertiary/aromatic N) is 2. The number of carbonyl (C=O) groups excluding carboxylic acids is 1. The molecule has 6 heteroatoms. The van der Waals surface area contributed by atoms with Crippen molar-refractivity contribution in [2.45, 2.75) is 107 Å². The summed E-state index contributed by atoms with van der Waals surface area (Å²) >= 11 is 0. The van der Waals surface area contributed by atoms with Crippen molar-refractivity contribution in [2.24, 2.45) is 10.4 Å². The summed E-state index contributed by atoms with van der Waals surface area (Å²) in [7, 11) is 3.70. The number of rotatable bonds is 13. The van der Waals surface area contributed by atoms with Crippen LogP contribution in [0.25, 0.3) is 5.57 Å². The quantitative estimate of drug-likeness (QED) is 0.136. The Balaban J connectivity index is 0. The minimum Gasteiger partial charge on any atom is -0.385 e. The Labute approximate surface area is 244 Å². The predicted molar refractivity (Wildman–Crippen MR) is 170 cm³/mol. The largest absolute Gasteiger partial charge is 0.385 e. The second kappa shape index (κ2) is 21.2. The molecule has 0 heterocycles. The first-order chi connectivity index (χ1) is 18.7. The predicted octanol–water partition coefficient (Wildman–Crippen LogP) is 10.1. The van der Waals surface area contributed by atoms with Crippen LogP contribution in [0.1, 0.15) is 117 Å². The molecule has 4 nitrogen and oxygen atoms in total. The van der Waals surface area contributed by atoms with Crippen molar-refractivity contribution in [3.05, 3.63) is 65.0 Å². The Bertz CT molecular complexity index is 967. The van der Waals surface area contributed by atoms with Gasteiger partial charge in [0.2, 0.25) is 0 Å². The summed E-state index contributed by atoms with van der Waals surface area (Å²) in [6, 6.07) is 3.04. The number of ether oxygens (including phenoxy) is 1. The van der Waals surface area contributed by atoms with E-state index in [0.29, 0.717) is 22.7 Å². The molecule has 0 N–H and O–H groups in total. The van der Waals surface area contributed by atoms with Crippen LogP contribution >= 0.6 is 0 Å². The molecular weight excluding hydrogens is 506 g/mol. The molecular formula is C34H56F2N2O2. The molecule has 0 amide bonds. The standard InChI is InChI=1S/C24H32F2N2O.C6H14.C4H10O/c1-8-11-18(12-9-2)28(7)22(10-3)21(27-6)15-16(4)19-13-14-20(17(5)29)24(26)23(19)25;1-5-6(2,3)4;1-3-4-5-2/h10,13-15,18H,3,6,8-9,11-12H2,1-2,4-5,7H3;5H2,1-4H3;3-4H2,1-2H3/b16-15+,22-21-;;. The number of hydrogen-bond donors (Lipinski definition) is 0. The molecule has 1 aromatic rings. The van der Waals surface area contributed by atoms with Gasteiger partial charge >= 0.3 is 0 Å². The Morgan fingerprint density at radius 2 is 1.50 bits per heavy atom. The molecule has 0 aliphatic heterocycles. The first-order valence-electron chi connectivity index (χ1n) is 14.4. The zero-order chi connectivity index (χ0) is 31.5. The van der Waals surface area contributed by atoms with Crippen LogP contribution in [0.4, 0.5) is 8.78 Å². The fourth-order valence-electron chi connectivity index (χ4n) is 3.64. The van der Waals surface area contributed by atoms with E-state index >= 15 is 0 Å². The third kappa shape index (κ3) is 14.7. The van der Waals surface area contributed by atoms with Gasteiger partial charge in [-0.25, -0.2) is 8.78 Å². The molecule has 0 unspecified atom stereocenters. The Kier molecular flexibility index (Phi) is 20.9. The SMILES string of the molecule is C=C/C(=C(\C=C(/C)c1ccc(C(C)=O)c(F)c1F)N=C)N(C)C(CCC)CCC.CCC(C)(C)C.CCCOC. The lowest BCUT2D eigenvalue weighted by Gasteiger charge is -2.31. The van der Waals surface area contributed by atoms with Gasteiger partial charge in [-0.15, -0.1) is 0 Å². The molecule has 0 saturated heterocycles. The smallest absolute Gasteiger partial charge is 0.170 e. The van der Waals surface area contributed by atoms with Crippen molar-refractivity contribution in [2.75, 3.05) is 20.8 Å². The van der Waals surface area contributed by atoms with Gasteiger partial charge in [-0.05, 0) is 69.0 Å². The Morgan fingerprint density at radius 1 is 1.02 bits per heavy atom. The van der Waals surface area contributed by atoms with E-state index in [1.54, 1.807) is 26.2 Å². The fraction of sp³-hybridized carbons (Fsp3) is 0.588. The average Bonchev–Trinajstić information content (AvgIpc) is 2.90. The molecule has 1 rings (SSSR count). The number of aliphatic imine (C=N–C) groups is 1. The number of halogens is 2. The van der Waals surface area contributed by atoms with Crippen LogP contribution < -0.4 is 0 Å². The van der Waals surface area contributed by atoms with Gasteiger partial charge < -0.3 is 9.64 Å². The molecule has 0 saturated carbocycles. The first-order valence-corrected chi connectivity index (χ1v) is 14.4. The minimum atomic E-state index is -1.13. The van der Waals surface area contributed by atoms with Gasteiger partial charge in [-0.2, -0.15) is 0 Å². The highest BCUT2D eigenvalue weighted by atomic mass is 19.2. The van der Waals surface area contributed by atoms with Crippen LogP contribution in [-0.4, -0.2) is 44.2 Å². The van der Waals surface area contributed by atoms with Gasteiger partial charge in [0.05, 0.1) is 17.0 Å². The summed E-state index contributed by atoms with van der Waals surface area (Å²) in [6.07, 6.45) is 9.94. The van der Waals surface area contributed by atoms with E-state index in [4.69, 9.17) is 4.74 Å². The number of carbonyl (C=O) groups is 1. The number of benzene rings is 1. The van der Waals surface area contributed by atoms with Gasteiger partial charge in [-0.1, -0.05) is 80.4 Å². The fourth-order valence-corrected chi connectivity index (χ4v) is 3.64. The van der Waals surface area contributed by atoms with E-state index in [-0.39, 0.29) is 11.1 Å². The van der Waals surface area contributed by atoms with Crippen molar-refractivity contribution < 1.29 is 18.3 Å². The molecule has 0 bridgehead atoms. The second-order valence-corrected chi connectivity index (χ2v) is 11.1. The molecule has 0 aliphatic carbocycles. The van der Waals surface area contributed by atoms with Crippen LogP contribution in [0.5, 0.6) is 0 Å². The molecule has 0 radical (unpaired) electrons. The summed E-state index contributed by atoms with van der Waals surface area (Å²) in [4.78, 5) is 17.7. The molecule has 0 fully saturated rings. The van der Waals surface area contributed by atoms with E-state index in [1.165, 1.54) is 25.5 Å². The van der Waals surface area contributed by atoms with E-state index in [1.807, 2.05) is 7.05 Å². The van der Waals surface area contributed by atoms with Crippen LogP contribution in [-0.2, 0) is 4.74 Å². The van der Waals surface area contributed by atoms with Gasteiger partial charge in [0, 0.05) is 32.4 Å². The third-order valence-electron chi connectivity index (χ3n) is 6.51. The lowest BCUT2D eigenvalue weighted by Crippen LogP contribution is -2.31. The lowest BCUT2D eigenvalue weighted by atomic mass is 9.94. The normalized spacial score (nSPS) is 12.0. The van der Waals surface area contributed by atoms with Crippen LogP contribution in [0, 0.1) is 17.0 Å². The van der Waals surface area contributed by atoms with E-state index in [2.05, 4.69) is 71.7 Å². The van der Waals surface area contributed by atoms with E-state index in [0.717, 1.165) is 44.4 Å². The number of likely N-dealkylation sites (N-methyl/N-ethyl adjacent to an activating group) is 1. The van der Waals surface area contributed by atoms with Crippen molar-refractivity contribution >= 4 is 18.1 Å². The molecule has 40 heavy (non-hydrogen) atoms. The number of hydrogen-bond acceptors (Lipinski definition) is 4. The number of Topliss-reactive ketones (excluding diaryl/α,β-unsaturated/α-hetero) is 1. The van der Waals surface area contributed by atoms with Gasteiger partial charge in [0.1, 0.15) is 0 Å². The van der Waals surface area contributed by atoms with Crippen LogP contribution in [0.15, 0.2) is 47.3 Å². The Hall–Kier alpha value is -2.60. The second-order valence-electron chi connectivity index (χ2n) is 11.1. The highest BCUT2D eigenvalue weighted by Crippen LogP contribution is 2.27. The molecule has 0 aromatic heterocycles. The van der Waals surface area contributed by atoms with Crippen molar-refractivity contribution in [1.29, 1.82) is 0 Å². The van der Waals surface area contributed by atoms with Crippen LogP contribution in [0.3, 0.4) is 0 Å². The summed E-state index contributed by atoms with van der Waals surface area (Å²) in [5.41, 5.74) is 2.16. The van der Waals surface area contributed by atoms with Crippen molar-refractivity contribution in [3.63, 3.8) is 0 Å². The highest BCUT2D eigenvalue weighted by Gasteiger charge is 2.19. The topological polar surface area (TPSA) is 41.9 Å². The van der Waals surface area contributed by atoms with E-state index in [9.17, 15) is 13.6 Å². The molecule has 0 spiro atoms. The Morgan fingerprint density at radius 3 is 1.82 bits per heavy atom. The zero-order valence-electron chi connectivity index (χ0n) is 27.2. The number of ketones is 1. The zero-order valence-corrected chi connectivity index (χ0v) is 27.2. The number of methoxy groups -OCH3 is 1. The molecule has 0 atom stereocenters. The lowest BCUT2D eigenvalue weighted by molar-refractivity contribution is 0.101. The highest BCUT2D eigenvalue weighted by molar-refractivity contribution is 5.94. The maximum Gasteiger partial charge on any atom is 0.170 e. The molecule has 0 aliphatic rings. The van der Waals surface area contributed by atoms with E-state index < -0.39 is 17.4 Å². The van der Waals surface area contributed by atoms with Crippen molar-refractivity contribution in [1.82, 2.24) is 4.90 Å². The van der Waals surface area contributed by atoms with Crippen LogP contribution in [0.2, 0.25) is 0 Å². The third-order valence-corrected chi connectivity index (χ3v) is 6.51. The summed E-state index contributed by atoms with van der Waals surface area (Å²) in [5, 5.41) is 0. The molecule has 228 valence electrons.